The number of amides is 1. The molecular formula is C17H13Cl2N3O3. The van der Waals surface area contributed by atoms with Crippen LogP contribution in [0.1, 0.15) is 17.5 Å². The molecule has 2 aliphatic rings. The fourth-order valence-electron chi connectivity index (χ4n) is 3.14. The number of nitrogens with zero attached hydrogens (tertiary/aromatic N) is 2. The van der Waals surface area contributed by atoms with Gasteiger partial charge in [0.1, 0.15) is 5.75 Å². The number of carbonyl (C=O) groups excluding carboxylic acids is 1. The quantitative estimate of drug-likeness (QED) is 0.848. The molecule has 0 aliphatic carbocycles. The number of benzene rings is 2. The van der Waals surface area contributed by atoms with Crippen molar-refractivity contribution in [3.05, 3.63) is 57.6 Å². The first-order valence-electron chi connectivity index (χ1n) is 7.50. The molecule has 4 rings (SSSR count). The number of hydrogen-bond donors (Lipinski definition) is 2. The molecule has 1 amide bonds. The topological polar surface area (TPSA) is 83.3 Å². The predicted octanol–water partition coefficient (Wildman–Crippen LogP) is 3.85. The maximum absolute atomic E-state index is 12.5. The lowest BCUT2D eigenvalue weighted by Crippen LogP contribution is -2.38. The second-order valence-electron chi connectivity index (χ2n) is 6.02. The van der Waals surface area contributed by atoms with E-state index in [2.05, 4.69) is 15.5 Å². The number of nitrogens with one attached hydrogen (secondary N) is 1. The molecule has 2 N–H and O–H groups in total. The maximum Gasteiger partial charge on any atom is 0.261 e. The molecule has 25 heavy (non-hydrogen) atoms. The molecule has 2 aromatic rings. The lowest BCUT2D eigenvalue weighted by molar-refractivity contribution is -0.135. The van der Waals surface area contributed by atoms with Crippen LogP contribution in [0.15, 0.2) is 46.6 Å². The van der Waals surface area contributed by atoms with Gasteiger partial charge in [-0.3, -0.25) is 4.79 Å². The molecule has 0 fully saturated rings. The standard InChI is InChI=1S/C17H13Cl2N3O3/c1-25-10-4-2-9(3-5-10)17(21-22-17)8-16(24)13-11(18)6-7-12(19)14(13)20-15(16)23/h2-7,24H,8H2,1H3,(H,20,23). The molecule has 0 spiro atoms. The summed E-state index contributed by atoms with van der Waals surface area (Å²) in [5.41, 5.74) is -1.53. The van der Waals surface area contributed by atoms with Crippen molar-refractivity contribution in [1.82, 2.24) is 0 Å². The highest BCUT2D eigenvalue weighted by atomic mass is 35.5. The predicted molar refractivity (Wildman–Crippen MR) is 93.1 cm³/mol. The van der Waals surface area contributed by atoms with Crippen LogP contribution >= 0.6 is 23.2 Å². The zero-order chi connectivity index (χ0) is 17.8. The normalized spacial score (nSPS) is 22.5. The molecule has 0 saturated carbocycles. The Bertz CT molecular complexity index is 908. The first kappa shape index (κ1) is 16.3. The minimum absolute atomic E-state index is 0.0643. The average Bonchev–Trinajstić information content (AvgIpc) is 3.32. The van der Waals surface area contributed by atoms with Gasteiger partial charge in [-0.25, -0.2) is 0 Å². The molecule has 0 aromatic heterocycles. The molecule has 2 aromatic carbocycles. The van der Waals surface area contributed by atoms with Crippen LogP contribution < -0.4 is 10.1 Å². The van der Waals surface area contributed by atoms with Gasteiger partial charge in [-0.05, 0) is 24.3 Å². The molecule has 1 atom stereocenters. The maximum atomic E-state index is 12.5. The summed E-state index contributed by atoms with van der Waals surface area (Å²) in [6.07, 6.45) is -0.0643. The number of fused-ring (bicyclic) bond motifs is 1. The summed E-state index contributed by atoms with van der Waals surface area (Å²) >= 11 is 12.4. The number of anilines is 1. The van der Waals surface area contributed by atoms with Crippen molar-refractivity contribution < 1.29 is 14.6 Å². The number of methoxy groups -OCH3 is 1. The zero-order valence-electron chi connectivity index (χ0n) is 13.1. The summed E-state index contributed by atoms with van der Waals surface area (Å²) < 4.78 is 5.14. The molecule has 0 radical (unpaired) electrons. The van der Waals surface area contributed by atoms with E-state index in [1.807, 2.05) is 0 Å². The minimum atomic E-state index is -1.87. The van der Waals surface area contributed by atoms with E-state index in [0.717, 1.165) is 5.56 Å². The second-order valence-corrected chi connectivity index (χ2v) is 6.83. The summed E-state index contributed by atoms with van der Waals surface area (Å²) in [5.74, 6) is 0.0970. The third kappa shape index (κ3) is 2.40. The van der Waals surface area contributed by atoms with E-state index >= 15 is 0 Å². The Morgan fingerprint density at radius 3 is 2.36 bits per heavy atom. The van der Waals surface area contributed by atoms with Crippen LogP contribution in [-0.2, 0) is 16.1 Å². The molecule has 2 heterocycles. The van der Waals surface area contributed by atoms with Gasteiger partial charge in [0.15, 0.2) is 5.60 Å². The van der Waals surface area contributed by atoms with E-state index in [0.29, 0.717) is 16.5 Å². The highest BCUT2D eigenvalue weighted by Gasteiger charge is 2.57. The van der Waals surface area contributed by atoms with Gasteiger partial charge >= 0.3 is 0 Å². The highest BCUT2D eigenvalue weighted by Crippen LogP contribution is 2.54. The minimum Gasteiger partial charge on any atom is -0.497 e. The Hall–Kier alpha value is -2.15. The van der Waals surface area contributed by atoms with Crippen molar-refractivity contribution in [2.24, 2.45) is 10.2 Å². The van der Waals surface area contributed by atoms with E-state index < -0.39 is 17.2 Å². The van der Waals surface area contributed by atoms with E-state index in [4.69, 9.17) is 27.9 Å². The lowest BCUT2D eigenvalue weighted by Gasteiger charge is -2.25. The van der Waals surface area contributed by atoms with Crippen LogP contribution in [0.2, 0.25) is 10.0 Å². The molecular weight excluding hydrogens is 365 g/mol. The number of hydrogen-bond acceptors (Lipinski definition) is 5. The largest absolute Gasteiger partial charge is 0.497 e. The number of aliphatic hydroxyl groups is 1. The summed E-state index contributed by atoms with van der Waals surface area (Å²) in [6.45, 7) is 0. The van der Waals surface area contributed by atoms with Crippen molar-refractivity contribution >= 4 is 34.8 Å². The van der Waals surface area contributed by atoms with E-state index in [9.17, 15) is 9.90 Å². The van der Waals surface area contributed by atoms with Crippen molar-refractivity contribution in [2.75, 3.05) is 12.4 Å². The van der Waals surface area contributed by atoms with Gasteiger partial charge in [0.25, 0.3) is 5.91 Å². The molecule has 8 heteroatoms. The molecule has 6 nitrogen and oxygen atoms in total. The highest BCUT2D eigenvalue weighted by molar-refractivity contribution is 6.38. The summed E-state index contributed by atoms with van der Waals surface area (Å²) in [4.78, 5) is 12.5. The molecule has 1 unspecified atom stereocenters. The Labute approximate surface area is 153 Å². The Kier molecular flexibility index (Phi) is 3.54. The smallest absolute Gasteiger partial charge is 0.261 e. The Morgan fingerprint density at radius 2 is 1.76 bits per heavy atom. The second kappa shape index (κ2) is 5.42. The summed E-state index contributed by atoms with van der Waals surface area (Å²) in [5, 5.41) is 22.5. The van der Waals surface area contributed by atoms with Gasteiger partial charge in [-0.1, -0.05) is 35.3 Å². The van der Waals surface area contributed by atoms with E-state index in [1.165, 1.54) is 0 Å². The average molecular weight is 378 g/mol. The van der Waals surface area contributed by atoms with Gasteiger partial charge in [0.05, 0.1) is 17.8 Å². The fraction of sp³-hybridized carbons (Fsp3) is 0.235. The summed E-state index contributed by atoms with van der Waals surface area (Å²) in [7, 11) is 1.57. The van der Waals surface area contributed by atoms with E-state index in [1.54, 1.807) is 43.5 Å². The lowest BCUT2D eigenvalue weighted by atomic mass is 9.84. The van der Waals surface area contributed by atoms with Crippen molar-refractivity contribution in [2.45, 2.75) is 17.7 Å². The molecule has 128 valence electrons. The van der Waals surface area contributed by atoms with Gasteiger partial charge in [-0.15, -0.1) is 0 Å². The van der Waals surface area contributed by atoms with Gasteiger partial charge in [0.2, 0.25) is 5.66 Å². The number of halogens is 2. The molecule has 0 bridgehead atoms. The SMILES string of the molecule is COc1ccc(C2(CC3(O)C(=O)Nc4c(Cl)ccc(Cl)c43)N=N2)cc1. The summed E-state index contributed by atoms with van der Waals surface area (Å²) in [6, 6.07) is 10.3. The van der Waals surface area contributed by atoms with Crippen LogP contribution in [0.5, 0.6) is 5.75 Å². The third-order valence-corrected chi connectivity index (χ3v) is 5.16. The van der Waals surface area contributed by atoms with Crippen LogP contribution in [0.4, 0.5) is 5.69 Å². The molecule has 0 saturated heterocycles. The number of carbonyl (C=O) groups is 1. The Morgan fingerprint density at radius 1 is 1.12 bits per heavy atom. The first-order chi connectivity index (χ1) is 11.9. The van der Waals surface area contributed by atoms with Crippen molar-refractivity contribution in [1.29, 1.82) is 0 Å². The monoisotopic (exact) mass is 377 g/mol. The van der Waals surface area contributed by atoms with Crippen LogP contribution in [0.3, 0.4) is 0 Å². The van der Waals surface area contributed by atoms with Gasteiger partial charge < -0.3 is 15.2 Å². The molecule has 2 aliphatic heterocycles. The van der Waals surface area contributed by atoms with Gasteiger partial charge in [-0.2, -0.15) is 10.2 Å². The van der Waals surface area contributed by atoms with Crippen LogP contribution in [0.25, 0.3) is 0 Å². The van der Waals surface area contributed by atoms with Crippen LogP contribution in [-0.4, -0.2) is 18.1 Å². The van der Waals surface area contributed by atoms with Crippen LogP contribution in [0, 0.1) is 0 Å². The van der Waals surface area contributed by atoms with E-state index in [-0.39, 0.29) is 17.0 Å². The first-order valence-corrected chi connectivity index (χ1v) is 8.26. The number of ether oxygens (including phenoxy) is 1. The van der Waals surface area contributed by atoms with Crippen molar-refractivity contribution in [3.8, 4) is 5.75 Å². The third-order valence-electron chi connectivity index (χ3n) is 4.53. The van der Waals surface area contributed by atoms with Crippen molar-refractivity contribution in [3.63, 3.8) is 0 Å². The zero-order valence-corrected chi connectivity index (χ0v) is 14.6. The number of rotatable bonds is 4. The Balaban J connectivity index is 1.73. The van der Waals surface area contributed by atoms with Gasteiger partial charge in [0, 0.05) is 22.6 Å². The fourth-order valence-corrected chi connectivity index (χ4v) is 3.66.